The highest BCUT2D eigenvalue weighted by atomic mass is 32.2. The molecule has 7 nitrogen and oxygen atoms in total. The van der Waals surface area contributed by atoms with Crippen molar-refractivity contribution in [3.8, 4) is 5.75 Å². The summed E-state index contributed by atoms with van der Waals surface area (Å²) in [5.41, 5.74) is -0.291. The van der Waals surface area contributed by atoms with Gasteiger partial charge in [-0.3, -0.25) is 4.79 Å². The van der Waals surface area contributed by atoms with Crippen LogP contribution in [0.4, 0.5) is 5.69 Å². The van der Waals surface area contributed by atoms with Gasteiger partial charge in [-0.05, 0) is 25.1 Å². The lowest BCUT2D eigenvalue weighted by molar-refractivity contribution is -0.115. The molecule has 0 heterocycles. The number of hydrogen-bond donors (Lipinski definition) is 3. The van der Waals surface area contributed by atoms with Gasteiger partial charge in [0, 0.05) is 11.9 Å². The fraction of sp³-hybridized carbons (Fsp3) is 0.273. The Morgan fingerprint density at radius 2 is 1.89 bits per heavy atom. The third kappa shape index (κ3) is 3.68. The van der Waals surface area contributed by atoms with Gasteiger partial charge in [0.05, 0.1) is 0 Å². The molecule has 0 radical (unpaired) electrons. The molecule has 0 saturated carbocycles. The van der Waals surface area contributed by atoms with Crippen LogP contribution in [0.1, 0.15) is 17.3 Å². The minimum atomic E-state index is -3.53. The summed E-state index contributed by atoms with van der Waals surface area (Å²) >= 11 is 0. The fourth-order valence-corrected chi connectivity index (χ4v) is 1.67. The van der Waals surface area contributed by atoms with Crippen molar-refractivity contribution in [3.05, 3.63) is 23.8 Å². The van der Waals surface area contributed by atoms with E-state index in [1.807, 2.05) is 0 Å². The number of sulfone groups is 1. The zero-order chi connectivity index (χ0) is 14.8. The largest absolute Gasteiger partial charge is 0.507 e. The van der Waals surface area contributed by atoms with Crippen LogP contribution < -0.4 is 5.32 Å². The van der Waals surface area contributed by atoms with Gasteiger partial charge in [-0.1, -0.05) is 0 Å². The van der Waals surface area contributed by atoms with Crippen LogP contribution in [0.25, 0.3) is 0 Å². The molecule has 104 valence electrons. The first-order chi connectivity index (χ1) is 8.62. The van der Waals surface area contributed by atoms with Gasteiger partial charge in [0.2, 0.25) is 5.91 Å². The Morgan fingerprint density at radius 1 is 1.32 bits per heavy atom. The van der Waals surface area contributed by atoms with Crippen LogP contribution >= 0.6 is 0 Å². The first-order valence-electron chi connectivity index (χ1n) is 5.19. The number of rotatable bonds is 4. The molecule has 1 amide bonds. The normalized spacial score (nSPS) is 12.7. The Labute approximate surface area is 109 Å². The number of carbonyl (C=O) groups excluding carboxylic acids is 1. The number of phenols is 1. The highest BCUT2D eigenvalue weighted by molar-refractivity contribution is 7.92. The number of nitrogens with one attached hydrogen (secondary N) is 1. The van der Waals surface area contributed by atoms with E-state index in [2.05, 4.69) is 5.32 Å². The summed E-state index contributed by atoms with van der Waals surface area (Å²) in [6.45, 7) is 1.23. The molecule has 1 atom stereocenters. The molecule has 1 aromatic rings. The third-order valence-electron chi connectivity index (χ3n) is 2.51. The maximum Gasteiger partial charge on any atom is 0.339 e. The molecular weight excluding hydrogens is 274 g/mol. The van der Waals surface area contributed by atoms with Crippen molar-refractivity contribution in [2.75, 3.05) is 11.6 Å². The van der Waals surface area contributed by atoms with Crippen molar-refractivity contribution < 1.29 is 28.2 Å². The third-order valence-corrected chi connectivity index (χ3v) is 4.00. The van der Waals surface area contributed by atoms with Crippen LogP contribution in [0.5, 0.6) is 5.75 Å². The van der Waals surface area contributed by atoms with Gasteiger partial charge >= 0.3 is 5.97 Å². The van der Waals surface area contributed by atoms with Crippen molar-refractivity contribution in [1.29, 1.82) is 0 Å². The van der Waals surface area contributed by atoms with Crippen LogP contribution in [0.2, 0.25) is 0 Å². The molecule has 3 N–H and O–H groups in total. The van der Waals surface area contributed by atoms with Gasteiger partial charge in [0.1, 0.15) is 16.6 Å². The van der Waals surface area contributed by atoms with E-state index in [1.165, 1.54) is 13.0 Å². The van der Waals surface area contributed by atoms with E-state index in [0.29, 0.717) is 0 Å². The molecule has 0 aliphatic heterocycles. The number of aromatic carboxylic acids is 1. The topological polar surface area (TPSA) is 121 Å². The Hall–Kier alpha value is -2.09. The van der Waals surface area contributed by atoms with Crippen LogP contribution in [0.15, 0.2) is 18.2 Å². The molecule has 0 spiro atoms. The van der Waals surface area contributed by atoms with Crippen LogP contribution in [-0.2, 0) is 14.6 Å². The Bertz CT molecular complexity index is 622. The molecule has 1 rings (SSSR count). The van der Waals surface area contributed by atoms with E-state index in [0.717, 1.165) is 18.4 Å². The van der Waals surface area contributed by atoms with E-state index in [4.69, 9.17) is 5.11 Å². The van der Waals surface area contributed by atoms with Crippen LogP contribution in [0, 0.1) is 0 Å². The van der Waals surface area contributed by atoms with E-state index < -0.39 is 32.7 Å². The summed E-state index contributed by atoms with van der Waals surface area (Å²) in [6.07, 6.45) is 0.927. The van der Waals surface area contributed by atoms with Crippen LogP contribution in [0.3, 0.4) is 0 Å². The molecule has 0 fully saturated rings. The summed E-state index contributed by atoms with van der Waals surface area (Å²) in [7, 11) is -3.53. The summed E-state index contributed by atoms with van der Waals surface area (Å²) in [5, 5.41) is 19.1. The molecule has 8 heteroatoms. The molecular formula is C11H13NO6S. The SMILES string of the molecule is CC(C(=O)Nc1ccc(O)c(C(=O)O)c1)S(C)(=O)=O. The van der Waals surface area contributed by atoms with E-state index >= 15 is 0 Å². The highest BCUT2D eigenvalue weighted by Crippen LogP contribution is 2.21. The van der Waals surface area contributed by atoms with Gasteiger partial charge in [-0.15, -0.1) is 0 Å². The molecule has 0 bridgehead atoms. The summed E-state index contributed by atoms with van der Waals surface area (Å²) in [4.78, 5) is 22.4. The minimum absolute atomic E-state index is 0.0932. The maximum absolute atomic E-state index is 11.6. The average molecular weight is 287 g/mol. The second-order valence-electron chi connectivity index (χ2n) is 4.00. The molecule has 0 aromatic heterocycles. The first-order valence-corrected chi connectivity index (χ1v) is 7.14. The lowest BCUT2D eigenvalue weighted by Crippen LogP contribution is -2.31. The number of benzene rings is 1. The standard InChI is InChI=1S/C11H13NO6S/c1-6(19(2,17)18)10(14)12-7-3-4-9(13)8(5-7)11(15)16/h3-6,13H,1-2H3,(H,12,14)(H,15,16). The molecule has 0 aliphatic rings. The maximum atomic E-state index is 11.6. The number of amides is 1. The van der Waals surface area contributed by atoms with Crippen molar-refractivity contribution in [2.45, 2.75) is 12.2 Å². The van der Waals surface area contributed by atoms with E-state index in [1.54, 1.807) is 0 Å². The lowest BCUT2D eigenvalue weighted by atomic mass is 10.2. The number of carboxylic acids is 1. The summed E-state index contributed by atoms with van der Waals surface area (Å²) in [6, 6.07) is 3.42. The summed E-state index contributed by atoms with van der Waals surface area (Å²) < 4.78 is 22.4. The summed E-state index contributed by atoms with van der Waals surface area (Å²) in [5.74, 6) is -2.57. The van der Waals surface area contributed by atoms with Gasteiger partial charge in [0.25, 0.3) is 0 Å². The number of anilines is 1. The number of carbonyl (C=O) groups is 2. The van der Waals surface area contributed by atoms with Gasteiger partial charge in [-0.2, -0.15) is 0 Å². The van der Waals surface area contributed by atoms with Crippen molar-refractivity contribution >= 4 is 27.4 Å². The zero-order valence-corrected chi connectivity index (χ0v) is 11.1. The highest BCUT2D eigenvalue weighted by Gasteiger charge is 2.23. The molecule has 0 saturated heterocycles. The number of aromatic hydroxyl groups is 1. The van der Waals surface area contributed by atoms with Gasteiger partial charge in [-0.25, -0.2) is 13.2 Å². The molecule has 0 aliphatic carbocycles. The predicted octanol–water partition coefficient (Wildman–Crippen LogP) is 0.462. The van der Waals surface area contributed by atoms with Gasteiger partial charge < -0.3 is 15.5 Å². The van der Waals surface area contributed by atoms with Crippen LogP contribution in [-0.4, -0.2) is 42.0 Å². The predicted molar refractivity (Wildman–Crippen MR) is 68.0 cm³/mol. The minimum Gasteiger partial charge on any atom is -0.507 e. The quantitative estimate of drug-likeness (QED) is 0.692. The van der Waals surface area contributed by atoms with Crippen molar-refractivity contribution in [3.63, 3.8) is 0 Å². The second-order valence-corrected chi connectivity index (χ2v) is 6.36. The lowest BCUT2D eigenvalue weighted by Gasteiger charge is -2.11. The Morgan fingerprint density at radius 3 is 2.37 bits per heavy atom. The molecule has 1 unspecified atom stereocenters. The fourth-order valence-electron chi connectivity index (χ4n) is 1.22. The average Bonchev–Trinajstić information content (AvgIpc) is 2.29. The Kier molecular flexibility index (Phi) is 4.15. The number of hydrogen-bond acceptors (Lipinski definition) is 5. The monoisotopic (exact) mass is 287 g/mol. The van der Waals surface area contributed by atoms with Gasteiger partial charge in [0.15, 0.2) is 9.84 Å². The molecule has 1 aromatic carbocycles. The zero-order valence-electron chi connectivity index (χ0n) is 10.2. The first kappa shape index (κ1) is 15.0. The number of carboxylic acid groups (broad SMARTS) is 1. The Balaban J connectivity index is 2.98. The van der Waals surface area contributed by atoms with E-state index in [9.17, 15) is 23.1 Å². The van der Waals surface area contributed by atoms with Crippen molar-refractivity contribution in [2.24, 2.45) is 0 Å². The van der Waals surface area contributed by atoms with E-state index in [-0.39, 0.29) is 11.3 Å². The van der Waals surface area contributed by atoms with Crippen molar-refractivity contribution in [1.82, 2.24) is 0 Å². The smallest absolute Gasteiger partial charge is 0.339 e. The molecule has 19 heavy (non-hydrogen) atoms. The second kappa shape index (κ2) is 5.27.